The molecule has 3 aromatic rings. The molecule has 0 spiro atoms. The minimum atomic E-state index is -0.481. The largest absolute Gasteiger partial charge is 0.461 e. The number of nitrogens with two attached hydrogens (primary N) is 1. The van der Waals surface area contributed by atoms with E-state index in [2.05, 4.69) is 35.0 Å². The first-order chi connectivity index (χ1) is 20.4. The van der Waals surface area contributed by atoms with Crippen LogP contribution in [-0.2, 0) is 9.47 Å². The number of esters is 1. The molecule has 1 aromatic carbocycles. The van der Waals surface area contributed by atoms with Crippen LogP contribution in [0.1, 0.15) is 62.5 Å². The highest BCUT2D eigenvalue weighted by molar-refractivity contribution is 6.08. The standard InChI is InChI=1S/C33H42N6O3/c1-5-42-33(40)28-20-27(23-11-12-29(35-21-23)38(4)25-13-17-41-18-14-25)30(31(34)22(2)3)32(37-28)36-24-9-8-10-26(19-24)39-15-6-7-16-39/h8-12,19-22,25,34H,5-7,13-18H2,1-4H3,(H,36,37)/p+1. The van der Waals surface area contributed by atoms with Gasteiger partial charge in [-0.2, -0.15) is 4.98 Å². The van der Waals surface area contributed by atoms with Crippen LogP contribution in [0.4, 0.5) is 23.0 Å². The molecule has 0 saturated carbocycles. The van der Waals surface area contributed by atoms with Gasteiger partial charge >= 0.3 is 5.97 Å². The molecule has 4 heterocycles. The van der Waals surface area contributed by atoms with E-state index in [9.17, 15) is 4.79 Å². The summed E-state index contributed by atoms with van der Waals surface area (Å²) < 4.78 is 10.9. The molecule has 5 rings (SSSR count). The van der Waals surface area contributed by atoms with Gasteiger partial charge < -0.3 is 24.7 Å². The molecule has 0 unspecified atom stereocenters. The van der Waals surface area contributed by atoms with Gasteiger partial charge in [0.15, 0.2) is 5.69 Å². The molecule has 9 nitrogen and oxygen atoms in total. The van der Waals surface area contributed by atoms with Crippen molar-refractivity contribution in [2.75, 3.05) is 49.8 Å². The number of pyridine rings is 2. The zero-order valence-corrected chi connectivity index (χ0v) is 25.2. The summed E-state index contributed by atoms with van der Waals surface area (Å²) in [5, 5.41) is 11.1. The van der Waals surface area contributed by atoms with E-state index in [-0.39, 0.29) is 18.2 Å². The van der Waals surface area contributed by atoms with Crippen molar-refractivity contribution >= 4 is 34.7 Å². The lowest BCUT2D eigenvalue weighted by Crippen LogP contribution is -2.72. The fourth-order valence-electron chi connectivity index (χ4n) is 5.74. The van der Waals surface area contributed by atoms with Gasteiger partial charge in [0.05, 0.1) is 12.2 Å². The second-order valence-electron chi connectivity index (χ2n) is 11.4. The summed E-state index contributed by atoms with van der Waals surface area (Å²) >= 11 is 0. The van der Waals surface area contributed by atoms with Gasteiger partial charge in [0.25, 0.3) is 0 Å². The van der Waals surface area contributed by atoms with Crippen molar-refractivity contribution in [1.29, 1.82) is 5.41 Å². The molecule has 0 aliphatic carbocycles. The molecule has 42 heavy (non-hydrogen) atoms. The molecule has 2 saturated heterocycles. The van der Waals surface area contributed by atoms with Crippen molar-refractivity contribution < 1.29 is 19.6 Å². The molecule has 222 valence electrons. The molecule has 0 atom stereocenters. The highest BCUT2D eigenvalue weighted by Gasteiger charge is 2.27. The number of nitrogens with one attached hydrogen (secondary N) is 1. The van der Waals surface area contributed by atoms with E-state index < -0.39 is 5.97 Å². The SMILES string of the molecule is CCOC(=O)c1cc(-c2ccc(N(C)C3CCOCC3)nc2)c(C(=N)C(C)C)c([NH2+]c2cccc(N3CCCC3)c2)n1. The quantitative estimate of drug-likeness (QED) is 0.198. The average molecular weight is 572 g/mol. The summed E-state index contributed by atoms with van der Waals surface area (Å²) in [7, 11) is 2.08. The molecule has 2 aliphatic rings. The topological polar surface area (TPSA) is 108 Å². The third-order valence-electron chi connectivity index (χ3n) is 8.18. The summed E-state index contributed by atoms with van der Waals surface area (Å²) in [6.45, 7) is 9.70. The van der Waals surface area contributed by atoms with Crippen molar-refractivity contribution in [2.24, 2.45) is 5.92 Å². The fraction of sp³-hybridized carbons (Fsp3) is 0.455. The monoisotopic (exact) mass is 571 g/mol. The first-order valence-corrected chi connectivity index (χ1v) is 15.1. The summed E-state index contributed by atoms with van der Waals surface area (Å²) in [5.74, 6) is 0.937. The molecular formula is C33H43N6O3+. The van der Waals surface area contributed by atoms with Crippen molar-refractivity contribution in [1.82, 2.24) is 9.97 Å². The number of carbonyl (C=O) groups excluding carboxylic acids is 1. The molecule has 0 amide bonds. The number of hydrogen-bond donors (Lipinski definition) is 2. The molecule has 2 aliphatic heterocycles. The van der Waals surface area contributed by atoms with Gasteiger partial charge in [-0.05, 0) is 68.9 Å². The van der Waals surface area contributed by atoms with Gasteiger partial charge in [-0.1, -0.05) is 19.9 Å². The second-order valence-corrected chi connectivity index (χ2v) is 11.4. The lowest BCUT2D eigenvalue weighted by molar-refractivity contribution is -0.483. The minimum absolute atomic E-state index is 0.0473. The number of hydrogen-bond acceptors (Lipinski definition) is 8. The van der Waals surface area contributed by atoms with Crippen LogP contribution in [0.3, 0.4) is 0 Å². The Morgan fingerprint density at radius 1 is 1.17 bits per heavy atom. The molecule has 0 radical (unpaired) electrons. The Morgan fingerprint density at radius 3 is 2.60 bits per heavy atom. The van der Waals surface area contributed by atoms with E-state index in [4.69, 9.17) is 24.9 Å². The Bertz CT molecular complexity index is 1400. The number of quaternary nitrogens is 1. The lowest BCUT2D eigenvalue weighted by atomic mass is 9.92. The van der Waals surface area contributed by atoms with Crippen LogP contribution in [0.15, 0.2) is 48.7 Å². The van der Waals surface area contributed by atoms with Gasteiger partial charge in [-0.25, -0.2) is 9.78 Å². The normalized spacial score (nSPS) is 15.7. The third-order valence-corrected chi connectivity index (χ3v) is 8.18. The van der Waals surface area contributed by atoms with Crippen molar-refractivity contribution in [2.45, 2.75) is 52.5 Å². The van der Waals surface area contributed by atoms with Crippen LogP contribution in [0, 0.1) is 11.3 Å². The number of carbonyl (C=O) groups is 1. The van der Waals surface area contributed by atoms with Gasteiger partial charge in [0.1, 0.15) is 11.5 Å². The van der Waals surface area contributed by atoms with Gasteiger partial charge in [-0.15, -0.1) is 0 Å². The molecular weight excluding hydrogens is 528 g/mol. The summed E-state index contributed by atoms with van der Waals surface area (Å²) in [5.41, 5.74) is 5.11. The zero-order chi connectivity index (χ0) is 29.6. The van der Waals surface area contributed by atoms with Crippen molar-refractivity contribution in [3.63, 3.8) is 0 Å². The number of nitrogens with zero attached hydrogens (tertiary/aromatic N) is 4. The minimum Gasteiger partial charge on any atom is -0.461 e. The molecule has 3 N–H and O–H groups in total. The number of aromatic nitrogens is 2. The van der Waals surface area contributed by atoms with E-state index in [0.29, 0.717) is 23.1 Å². The van der Waals surface area contributed by atoms with Gasteiger partial charge in [0, 0.05) is 74.2 Å². The molecule has 0 bridgehead atoms. The van der Waals surface area contributed by atoms with Crippen LogP contribution in [-0.4, -0.2) is 67.6 Å². The predicted octanol–water partition coefficient (Wildman–Crippen LogP) is 5.09. The van der Waals surface area contributed by atoms with Crippen LogP contribution >= 0.6 is 0 Å². The van der Waals surface area contributed by atoms with E-state index in [1.807, 2.05) is 43.6 Å². The summed E-state index contributed by atoms with van der Waals surface area (Å²) in [6.07, 6.45) is 6.19. The number of rotatable bonds is 10. The highest BCUT2D eigenvalue weighted by atomic mass is 16.5. The first kappa shape index (κ1) is 29.7. The predicted molar refractivity (Wildman–Crippen MR) is 166 cm³/mol. The zero-order valence-electron chi connectivity index (χ0n) is 25.2. The van der Waals surface area contributed by atoms with E-state index in [1.165, 1.54) is 18.5 Å². The van der Waals surface area contributed by atoms with Crippen LogP contribution in [0.25, 0.3) is 11.1 Å². The maximum absolute atomic E-state index is 13.0. The second kappa shape index (κ2) is 13.4. The Balaban J connectivity index is 1.57. The van der Waals surface area contributed by atoms with Gasteiger partial charge in [-0.3, -0.25) is 5.32 Å². The van der Waals surface area contributed by atoms with Crippen molar-refractivity contribution in [3.05, 3.63) is 59.9 Å². The Morgan fingerprint density at radius 2 is 1.93 bits per heavy atom. The molecule has 2 fully saturated rings. The third kappa shape index (κ3) is 6.63. The van der Waals surface area contributed by atoms with E-state index in [1.54, 1.807) is 13.0 Å². The Kier molecular flexibility index (Phi) is 9.49. The van der Waals surface area contributed by atoms with Crippen LogP contribution in [0.2, 0.25) is 0 Å². The first-order valence-electron chi connectivity index (χ1n) is 15.1. The van der Waals surface area contributed by atoms with Crippen LogP contribution in [0.5, 0.6) is 0 Å². The molecule has 9 heteroatoms. The number of anilines is 2. The molecule has 2 aromatic heterocycles. The lowest BCUT2D eigenvalue weighted by Gasteiger charge is -2.32. The fourth-order valence-corrected chi connectivity index (χ4v) is 5.74. The number of benzene rings is 1. The summed E-state index contributed by atoms with van der Waals surface area (Å²) in [4.78, 5) is 27.2. The maximum atomic E-state index is 13.0. The number of ether oxygens (including phenoxy) is 2. The Labute approximate surface area is 248 Å². The van der Waals surface area contributed by atoms with Crippen LogP contribution < -0.4 is 15.1 Å². The van der Waals surface area contributed by atoms with Gasteiger partial charge in [0.2, 0.25) is 5.82 Å². The average Bonchev–Trinajstić information content (AvgIpc) is 3.56. The van der Waals surface area contributed by atoms with Crippen molar-refractivity contribution in [3.8, 4) is 11.1 Å². The summed E-state index contributed by atoms with van der Waals surface area (Å²) in [6, 6.07) is 14.6. The smallest absolute Gasteiger partial charge is 0.357 e. The van der Waals surface area contributed by atoms with E-state index >= 15 is 0 Å². The highest BCUT2D eigenvalue weighted by Crippen LogP contribution is 2.32. The van der Waals surface area contributed by atoms with E-state index in [0.717, 1.165) is 61.8 Å². The Hall–Kier alpha value is -3.82. The maximum Gasteiger partial charge on any atom is 0.357 e.